The zero-order chi connectivity index (χ0) is 26.6. The molecular weight excluding hydrogens is 470 g/mol. The van der Waals surface area contributed by atoms with Crippen LogP contribution in [0.3, 0.4) is 0 Å². The Balaban J connectivity index is 3.19. The first-order valence-corrected chi connectivity index (χ1v) is 12.0. The Morgan fingerprint density at radius 1 is 1.14 bits per heavy atom. The summed E-state index contributed by atoms with van der Waals surface area (Å²) in [6.07, 6.45) is 4.66. The fourth-order valence-corrected chi connectivity index (χ4v) is 3.40. The Morgan fingerprint density at radius 3 is 2.26 bits per heavy atom. The summed E-state index contributed by atoms with van der Waals surface area (Å²) in [4.78, 5) is 51.9. The molecule has 0 aliphatic heterocycles. The number of carbonyl (C=O) groups is 4. The molecule has 0 saturated heterocycles. The van der Waals surface area contributed by atoms with Crippen LogP contribution < -0.4 is 10.6 Å². The number of rotatable bonds is 11. The van der Waals surface area contributed by atoms with Gasteiger partial charge in [0.05, 0.1) is 13.0 Å². The molecule has 0 aliphatic carbocycles. The summed E-state index contributed by atoms with van der Waals surface area (Å²) in [5.41, 5.74) is 0.381. The first-order chi connectivity index (χ1) is 16.5. The molecule has 0 saturated carbocycles. The van der Waals surface area contributed by atoms with Gasteiger partial charge in [-0.2, -0.15) is 12.6 Å². The molecule has 192 valence electrons. The average molecular weight is 506 g/mol. The van der Waals surface area contributed by atoms with E-state index in [9.17, 15) is 19.2 Å². The van der Waals surface area contributed by atoms with Crippen LogP contribution in [-0.4, -0.2) is 65.9 Å². The summed E-state index contributed by atoms with van der Waals surface area (Å²) in [5.74, 6) is 1.05. The monoisotopic (exact) mass is 505 g/mol. The third kappa shape index (κ3) is 9.91. The number of esters is 1. The maximum atomic E-state index is 13.4. The molecule has 3 amide bonds. The van der Waals surface area contributed by atoms with Crippen LogP contribution in [0.2, 0.25) is 0 Å². The summed E-state index contributed by atoms with van der Waals surface area (Å²) >= 11 is 4.22. The van der Waals surface area contributed by atoms with E-state index in [1.165, 1.54) is 4.90 Å². The Bertz CT molecular complexity index is 921. The Kier molecular flexibility index (Phi) is 12.2. The molecule has 2 atom stereocenters. The molecule has 0 aliphatic rings. The van der Waals surface area contributed by atoms with Crippen molar-refractivity contribution < 1.29 is 28.7 Å². The van der Waals surface area contributed by atoms with Crippen LogP contribution >= 0.6 is 12.6 Å². The van der Waals surface area contributed by atoms with Gasteiger partial charge in [0.15, 0.2) is 0 Å². The molecule has 1 aromatic rings. The van der Waals surface area contributed by atoms with Crippen molar-refractivity contribution in [2.45, 2.75) is 58.7 Å². The van der Waals surface area contributed by atoms with Crippen molar-refractivity contribution >= 4 is 36.5 Å². The van der Waals surface area contributed by atoms with Crippen LogP contribution in [0.15, 0.2) is 24.3 Å². The second-order valence-corrected chi connectivity index (χ2v) is 8.89. The van der Waals surface area contributed by atoms with E-state index < -0.39 is 41.6 Å². The molecule has 0 radical (unpaired) electrons. The Morgan fingerprint density at radius 2 is 1.77 bits per heavy atom. The molecule has 1 rings (SSSR count). The number of nitrogens with zero attached hydrogens (tertiary/aromatic N) is 1. The van der Waals surface area contributed by atoms with Gasteiger partial charge in [-0.15, -0.1) is 6.42 Å². The summed E-state index contributed by atoms with van der Waals surface area (Å²) < 4.78 is 10.1. The number of hydrogen-bond acceptors (Lipinski definition) is 7. The maximum absolute atomic E-state index is 13.4. The van der Waals surface area contributed by atoms with Gasteiger partial charge < -0.3 is 25.0 Å². The van der Waals surface area contributed by atoms with Crippen molar-refractivity contribution in [2.75, 3.05) is 25.4 Å². The predicted molar refractivity (Wildman–Crippen MR) is 136 cm³/mol. The van der Waals surface area contributed by atoms with Gasteiger partial charge in [-0.25, -0.2) is 4.79 Å². The molecule has 0 heterocycles. The third-order valence-electron chi connectivity index (χ3n) is 4.68. The molecule has 0 bridgehead atoms. The second-order valence-electron chi connectivity index (χ2n) is 8.52. The van der Waals surface area contributed by atoms with Crippen molar-refractivity contribution in [2.24, 2.45) is 0 Å². The zero-order valence-corrected chi connectivity index (χ0v) is 21.8. The molecule has 2 unspecified atom stereocenters. The number of hydrogen-bond donors (Lipinski definition) is 3. The lowest BCUT2D eigenvalue weighted by molar-refractivity contribution is -0.144. The highest BCUT2D eigenvalue weighted by molar-refractivity contribution is 7.80. The maximum Gasteiger partial charge on any atom is 0.408 e. The SMILES string of the molecule is C#Cc1ccc(C(C(=O)NCCC(=O)OCC)N(CC)C(=O)C(CS)NC(=O)OC(C)(C)C)cc1. The van der Waals surface area contributed by atoms with E-state index in [-0.39, 0.29) is 31.9 Å². The van der Waals surface area contributed by atoms with E-state index in [1.807, 2.05) is 0 Å². The Hall–Kier alpha value is -3.19. The lowest BCUT2D eigenvalue weighted by atomic mass is 10.0. The largest absolute Gasteiger partial charge is 0.466 e. The number of nitrogens with one attached hydrogen (secondary N) is 2. The number of amides is 3. The number of terminal acetylenes is 1. The molecule has 0 aromatic heterocycles. The van der Waals surface area contributed by atoms with E-state index in [4.69, 9.17) is 15.9 Å². The molecule has 35 heavy (non-hydrogen) atoms. The fraction of sp³-hybridized carbons (Fsp3) is 0.520. The standard InChI is InChI=1S/C25H35N3O6S/c1-7-17-10-12-18(13-11-17)21(22(30)26-15-14-20(29)33-9-3)28(8-2)23(31)19(16-35)27-24(32)34-25(4,5)6/h1,10-13,19,21,35H,8-9,14-16H2,2-6H3,(H,26,30)(H,27,32). The number of alkyl carbamates (subject to hydrolysis) is 1. The van der Waals surface area contributed by atoms with E-state index in [0.29, 0.717) is 11.1 Å². The second kappa shape index (κ2) is 14.3. The van der Waals surface area contributed by atoms with Crippen LogP contribution in [0.4, 0.5) is 4.79 Å². The minimum absolute atomic E-state index is 0.0120. The molecular formula is C25H35N3O6S. The molecule has 1 aromatic carbocycles. The van der Waals surface area contributed by atoms with Gasteiger partial charge in [0.1, 0.15) is 17.7 Å². The smallest absolute Gasteiger partial charge is 0.408 e. The Labute approximate surface area is 212 Å². The number of benzene rings is 1. The van der Waals surface area contributed by atoms with Gasteiger partial charge >= 0.3 is 12.1 Å². The number of ether oxygens (including phenoxy) is 2. The minimum Gasteiger partial charge on any atom is -0.466 e. The molecule has 0 fully saturated rings. The van der Waals surface area contributed by atoms with Gasteiger partial charge in [-0.1, -0.05) is 18.1 Å². The summed E-state index contributed by atoms with van der Waals surface area (Å²) in [6.45, 7) is 8.97. The van der Waals surface area contributed by atoms with Crippen LogP contribution in [0.1, 0.15) is 58.2 Å². The van der Waals surface area contributed by atoms with Crippen LogP contribution in [-0.2, 0) is 23.9 Å². The summed E-state index contributed by atoms with van der Waals surface area (Å²) in [5, 5.41) is 5.22. The first kappa shape index (κ1) is 29.8. The first-order valence-electron chi connectivity index (χ1n) is 11.4. The molecule has 2 N–H and O–H groups in total. The molecule has 10 heteroatoms. The van der Waals surface area contributed by atoms with Gasteiger partial charge in [0.25, 0.3) is 0 Å². The van der Waals surface area contributed by atoms with Crippen LogP contribution in [0, 0.1) is 12.3 Å². The number of likely N-dealkylation sites (N-methyl/N-ethyl adjacent to an activating group) is 1. The minimum atomic E-state index is -1.04. The third-order valence-corrected chi connectivity index (χ3v) is 5.05. The van der Waals surface area contributed by atoms with Gasteiger partial charge in [0.2, 0.25) is 11.8 Å². The molecule has 0 spiro atoms. The van der Waals surface area contributed by atoms with Crippen molar-refractivity contribution in [1.82, 2.24) is 15.5 Å². The number of carbonyl (C=O) groups excluding carboxylic acids is 4. The van der Waals surface area contributed by atoms with Gasteiger partial charge in [0, 0.05) is 24.4 Å². The van der Waals surface area contributed by atoms with Crippen molar-refractivity contribution in [3.05, 3.63) is 35.4 Å². The highest BCUT2D eigenvalue weighted by Crippen LogP contribution is 2.23. The van der Waals surface area contributed by atoms with Gasteiger partial charge in [-0.3, -0.25) is 14.4 Å². The average Bonchev–Trinajstić information content (AvgIpc) is 2.79. The van der Waals surface area contributed by atoms with Crippen molar-refractivity contribution in [1.29, 1.82) is 0 Å². The lowest BCUT2D eigenvalue weighted by Crippen LogP contribution is -2.53. The highest BCUT2D eigenvalue weighted by atomic mass is 32.1. The van der Waals surface area contributed by atoms with Crippen molar-refractivity contribution in [3.63, 3.8) is 0 Å². The summed E-state index contributed by atoms with van der Waals surface area (Å²) in [7, 11) is 0. The van der Waals surface area contributed by atoms with Crippen LogP contribution in [0.25, 0.3) is 0 Å². The topological polar surface area (TPSA) is 114 Å². The van der Waals surface area contributed by atoms with E-state index in [2.05, 4.69) is 29.2 Å². The number of thiol groups is 1. The predicted octanol–water partition coefficient (Wildman–Crippen LogP) is 2.45. The quantitative estimate of drug-likeness (QED) is 0.242. The summed E-state index contributed by atoms with van der Waals surface area (Å²) in [6, 6.07) is 4.59. The van der Waals surface area contributed by atoms with Gasteiger partial charge in [-0.05, 0) is 52.3 Å². The van der Waals surface area contributed by atoms with Crippen molar-refractivity contribution in [3.8, 4) is 12.3 Å². The zero-order valence-electron chi connectivity index (χ0n) is 20.9. The van der Waals surface area contributed by atoms with E-state index >= 15 is 0 Å². The molecule has 9 nitrogen and oxygen atoms in total. The van der Waals surface area contributed by atoms with Crippen LogP contribution in [0.5, 0.6) is 0 Å². The fourth-order valence-electron chi connectivity index (χ4n) is 3.15. The highest BCUT2D eigenvalue weighted by Gasteiger charge is 2.35. The lowest BCUT2D eigenvalue weighted by Gasteiger charge is -2.33. The van der Waals surface area contributed by atoms with E-state index in [1.54, 1.807) is 58.9 Å². The normalized spacial score (nSPS) is 12.5. The van der Waals surface area contributed by atoms with E-state index in [0.717, 1.165) is 0 Å².